The highest BCUT2D eigenvalue weighted by Gasteiger charge is 2.30. The molecule has 0 aliphatic carbocycles. The lowest BCUT2D eigenvalue weighted by molar-refractivity contribution is -0.136. The van der Waals surface area contributed by atoms with Crippen LogP contribution in [0.3, 0.4) is 0 Å². The van der Waals surface area contributed by atoms with Crippen molar-refractivity contribution in [1.82, 2.24) is 9.80 Å². The molecule has 1 atom stereocenters. The first-order chi connectivity index (χ1) is 7.32. The molecule has 0 aromatic rings. The van der Waals surface area contributed by atoms with Crippen molar-refractivity contribution < 1.29 is 4.79 Å². The molecule has 1 unspecified atom stereocenters. The lowest BCUT2D eigenvalue weighted by Gasteiger charge is -2.38. The number of nitrogens with zero attached hydrogens (tertiary/aromatic N) is 2. The number of carbonyl (C=O) groups excluding carboxylic acids is 1. The fraction of sp³-hybridized carbons (Fsp3) is 0.917. The first kappa shape index (κ1) is 13.5. The average molecular weight is 227 g/mol. The molecule has 0 radical (unpaired) electrons. The Hall–Kier alpha value is -0.610. The van der Waals surface area contributed by atoms with E-state index < -0.39 is 0 Å². The Bertz CT molecular complexity index is 251. The van der Waals surface area contributed by atoms with Crippen LogP contribution in [0.25, 0.3) is 0 Å². The third-order valence-corrected chi connectivity index (χ3v) is 2.94. The molecule has 1 amide bonds. The van der Waals surface area contributed by atoms with Crippen molar-refractivity contribution in [3.05, 3.63) is 0 Å². The molecular weight excluding hydrogens is 202 g/mol. The summed E-state index contributed by atoms with van der Waals surface area (Å²) in [5, 5.41) is 0. The number of hydrogen-bond acceptors (Lipinski definition) is 3. The smallest absolute Gasteiger partial charge is 0.239 e. The van der Waals surface area contributed by atoms with E-state index in [1.807, 2.05) is 4.90 Å². The van der Waals surface area contributed by atoms with Crippen LogP contribution < -0.4 is 5.73 Å². The van der Waals surface area contributed by atoms with Gasteiger partial charge in [0.15, 0.2) is 0 Å². The Morgan fingerprint density at radius 2 is 2.12 bits per heavy atom. The summed E-state index contributed by atoms with van der Waals surface area (Å²) in [5.74, 6) is 0.123. The monoisotopic (exact) mass is 227 g/mol. The number of hydrogen-bond donors (Lipinski definition) is 1. The molecule has 1 saturated heterocycles. The van der Waals surface area contributed by atoms with Crippen LogP contribution in [0.4, 0.5) is 0 Å². The van der Waals surface area contributed by atoms with Crippen LogP contribution in [0.5, 0.6) is 0 Å². The Labute approximate surface area is 98.8 Å². The Kier molecular flexibility index (Phi) is 4.33. The van der Waals surface area contributed by atoms with Crippen molar-refractivity contribution in [1.29, 1.82) is 0 Å². The summed E-state index contributed by atoms with van der Waals surface area (Å²) in [4.78, 5) is 16.0. The van der Waals surface area contributed by atoms with Gasteiger partial charge in [0.25, 0.3) is 0 Å². The molecule has 1 aliphatic heterocycles. The van der Waals surface area contributed by atoms with E-state index in [0.717, 1.165) is 32.5 Å². The maximum atomic E-state index is 11.9. The van der Waals surface area contributed by atoms with E-state index in [1.165, 1.54) is 0 Å². The van der Waals surface area contributed by atoms with Crippen LogP contribution in [-0.4, -0.2) is 55.5 Å². The van der Waals surface area contributed by atoms with Crippen LogP contribution in [-0.2, 0) is 4.79 Å². The zero-order valence-electron chi connectivity index (χ0n) is 11.0. The number of amides is 1. The Morgan fingerprint density at radius 1 is 1.50 bits per heavy atom. The van der Waals surface area contributed by atoms with E-state index in [2.05, 4.69) is 32.8 Å². The maximum absolute atomic E-state index is 11.9. The average Bonchev–Trinajstić information content (AvgIpc) is 2.10. The fourth-order valence-corrected chi connectivity index (χ4v) is 2.55. The van der Waals surface area contributed by atoms with E-state index in [-0.39, 0.29) is 17.4 Å². The van der Waals surface area contributed by atoms with Gasteiger partial charge in [-0.25, -0.2) is 0 Å². The number of nitrogens with two attached hydrogens (primary N) is 1. The van der Waals surface area contributed by atoms with Crippen LogP contribution in [0, 0.1) is 5.41 Å². The van der Waals surface area contributed by atoms with E-state index in [1.54, 1.807) is 0 Å². The molecule has 4 heteroatoms. The molecule has 1 heterocycles. The van der Waals surface area contributed by atoms with Gasteiger partial charge in [0.05, 0.1) is 6.04 Å². The lowest BCUT2D eigenvalue weighted by Crippen LogP contribution is -2.52. The quantitative estimate of drug-likeness (QED) is 0.762. The summed E-state index contributed by atoms with van der Waals surface area (Å²) in [6, 6.07) is -0.274. The summed E-state index contributed by atoms with van der Waals surface area (Å²) in [6.45, 7) is 7.04. The highest BCUT2D eigenvalue weighted by Crippen LogP contribution is 2.21. The summed E-state index contributed by atoms with van der Waals surface area (Å²) in [7, 11) is 4.12. The maximum Gasteiger partial charge on any atom is 0.239 e. The second-order valence-corrected chi connectivity index (χ2v) is 5.91. The van der Waals surface area contributed by atoms with Crippen molar-refractivity contribution in [2.75, 3.05) is 33.7 Å². The first-order valence-corrected chi connectivity index (χ1v) is 6.01. The molecule has 2 N–H and O–H groups in total. The lowest BCUT2D eigenvalue weighted by atomic mass is 9.91. The molecule has 1 aliphatic rings. The standard InChI is InChI=1S/C12H25N3O/c1-12(2,8-14(3)4)9-15-7-5-6-10(13)11(15)16/h10H,5-9,13H2,1-4H3. The SMILES string of the molecule is CN(C)CC(C)(C)CN1CCCC(N)C1=O. The van der Waals surface area contributed by atoms with E-state index in [0.29, 0.717) is 0 Å². The molecular formula is C12H25N3O. The van der Waals surface area contributed by atoms with Gasteiger partial charge in [0, 0.05) is 19.6 Å². The third kappa shape index (κ3) is 3.76. The van der Waals surface area contributed by atoms with Crippen LogP contribution in [0.2, 0.25) is 0 Å². The van der Waals surface area contributed by atoms with E-state index in [9.17, 15) is 4.79 Å². The minimum absolute atomic E-state index is 0.121. The van der Waals surface area contributed by atoms with Crippen LogP contribution >= 0.6 is 0 Å². The molecule has 1 fully saturated rings. The zero-order chi connectivity index (χ0) is 12.3. The van der Waals surface area contributed by atoms with Crippen LogP contribution in [0.15, 0.2) is 0 Å². The number of rotatable bonds is 4. The van der Waals surface area contributed by atoms with E-state index in [4.69, 9.17) is 5.73 Å². The predicted octanol–water partition coefficient (Wildman–Crippen LogP) is 0.524. The van der Waals surface area contributed by atoms with Gasteiger partial charge in [-0.3, -0.25) is 4.79 Å². The van der Waals surface area contributed by atoms with Crippen molar-refractivity contribution in [2.24, 2.45) is 11.1 Å². The summed E-state index contributed by atoms with van der Waals surface area (Å²) < 4.78 is 0. The molecule has 4 nitrogen and oxygen atoms in total. The normalized spacial score (nSPS) is 23.0. The van der Waals surface area contributed by atoms with Gasteiger partial charge in [-0.05, 0) is 32.4 Å². The highest BCUT2D eigenvalue weighted by molar-refractivity contribution is 5.82. The summed E-state index contributed by atoms with van der Waals surface area (Å²) in [6.07, 6.45) is 1.87. The number of carbonyl (C=O) groups is 1. The predicted molar refractivity (Wildman–Crippen MR) is 66.1 cm³/mol. The third-order valence-electron chi connectivity index (χ3n) is 2.94. The molecule has 0 aromatic heterocycles. The zero-order valence-corrected chi connectivity index (χ0v) is 11.0. The van der Waals surface area contributed by atoms with Gasteiger partial charge in [0.2, 0.25) is 5.91 Å². The van der Waals surface area contributed by atoms with Gasteiger partial charge in [-0.1, -0.05) is 13.8 Å². The van der Waals surface area contributed by atoms with Crippen molar-refractivity contribution in [3.63, 3.8) is 0 Å². The molecule has 0 aromatic carbocycles. The molecule has 1 rings (SSSR count). The highest BCUT2D eigenvalue weighted by atomic mass is 16.2. The fourth-order valence-electron chi connectivity index (χ4n) is 2.55. The van der Waals surface area contributed by atoms with Crippen LogP contribution in [0.1, 0.15) is 26.7 Å². The number of piperidine rings is 1. The molecule has 16 heavy (non-hydrogen) atoms. The van der Waals surface area contributed by atoms with Gasteiger partial charge < -0.3 is 15.5 Å². The Balaban J connectivity index is 2.55. The topological polar surface area (TPSA) is 49.6 Å². The Morgan fingerprint density at radius 3 is 2.69 bits per heavy atom. The second kappa shape index (κ2) is 5.15. The molecule has 0 spiro atoms. The minimum atomic E-state index is -0.274. The molecule has 0 saturated carbocycles. The van der Waals surface area contributed by atoms with Gasteiger partial charge in [0.1, 0.15) is 0 Å². The first-order valence-electron chi connectivity index (χ1n) is 6.01. The largest absolute Gasteiger partial charge is 0.341 e. The minimum Gasteiger partial charge on any atom is -0.341 e. The number of likely N-dealkylation sites (tertiary alicyclic amines) is 1. The molecule has 94 valence electrons. The van der Waals surface area contributed by atoms with Crippen molar-refractivity contribution in [2.45, 2.75) is 32.7 Å². The summed E-state index contributed by atoms with van der Waals surface area (Å²) in [5.41, 5.74) is 5.91. The second-order valence-electron chi connectivity index (χ2n) is 5.91. The van der Waals surface area contributed by atoms with Gasteiger partial charge >= 0.3 is 0 Å². The van der Waals surface area contributed by atoms with E-state index >= 15 is 0 Å². The van der Waals surface area contributed by atoms with Crippen molar-refractivity contribution in [3.8, 4) is 0 Å². The van der Waals surface area contributed by atoms with Gasteiger partial charge in [-0.15, -0.1) is 0 Å². The van der Waals surface area contributed by atoms with Gasteiger partial charge in [-0.2, -0.15) is 0 Å². The summed E-state index contributed by atoms with van der Waals surface area (Å²) >= 11 is 0. The van der Waals surface area contributed by atoms with Crippen molar-refractivity contribution >= 4 is 5.91 Å². The molecule has 0 bridgehead atoms.